The van der Waals surface area contributed by atoms with E-state index in [1.54, 1.807) is 30.3 Å². The average molecular weight is 315 g/mol. The quantitative estimate of drug-likeness (QED) is 0.916. The standard InChI is InChI=1S/C18H18FNO3/c19-13-5-3-6-14(11-13)20-18(21)16-8-1-2-9-17(16)23-12-15-7-4-10-22-15/h1-3,5-6,8-9,11,15H,4,7,10,12H2,(H,20,21). The number of carbonyl (C=O) groups is 1. The van der Waals surface area contributed by atoms with Crippen molar-refractivity contribution in [2.24, 2.45) is 0 Å². The van der Waals surface area contributed by atoms with E-state index in [1.165, 1.54) is 12.1 Å². The van der Waals surface area contributed by atoms with E-state index >= 15 is 0 Å². The van der Waals surface area contributed by atoms with Gasteiger partial charge in [-0.15, -0.1) is 0 Å². The number of benzene rings is 2. The number of amides is 1. The molecule has 3 rings (SSSR count). The van der Waals surface area contributed by atoms with Crippen LogP contribution in [0.4, 0.5) is 10.1 Å². The van der Waals surface area contributed by atoms with Gasteiger partial charge >= 0.3 is 0 Å². The first-order valence-electron chi connectivity index (χ1n) is 7.63. The molecule has 0 bridgehead atoms. The molecule has 2 aromatic carbocycles. The van der Waals surface area contributed by atoms with Gasteiger partial charge in [-0.3, -0.25) is 4.79 Å². The van der Waals surface area contributed by atoms with Crippen molar-refractivity contribution in [3.8, 4) is 5.75 Å². The Kier molecular flexibility index (Phi) is 4.88. The van der Waals surface area contributed by atoms with Crippen molar-refractivity contribution in [2.45, 2.75) is 18.9 Å². The predicted octanol–water partition coefficient (Wildman–Crippen LogP) is 3.64. The fraction of sp³-hybridized carbons (Fsp3) is 0.278. The number of nitrogens with one attached hydrogen (secondary N) is 1. The van der Waals surface area contributed by atoms with Crippen molar-refractivity contribution >= 4 is 11.6 Å². The number of ether oxygens (including phenoxy) is 2. The van der Waals surface area contributed by atoms with Gasteiger partial charge in [0.25, 0.3) is 5.91 Å². The van der Waals surface area contributed by atoms with Crippen molar-refractivity contribution < 1.29 is 18.7 Å². The Morgan fingerprint density at radius 3 is 2.91 bits per heavy atom. The summed E-state index contributed by atoms with van der Waals surface area (Å²) in [5.74, 6) is -0.235. The molecule has 1 heterocycles. The molecule has 4 nitrogen and oxygen atoms in total. The third kappa shape index (κ3) is 4.07. The van der Waals surface area contributed by atoms with Crippen LogP contribution in [0.1, 0.15) is 23.2 Å². The molecular weight excluding hydrogens is 297 g/mol. The summed E-state index contributed by atoms with van der Waals surface area (Å²) >= 11 is 0. The van der Waals surface area contributed by atoms with E-state index in [2.05, 4.69) is 5.32 Å². The van der Waals surface area contributed by atoms with Gasteiger partial charge in [0.2, 0.25) is 0 Å². The molecule has 1 aliphatic rings. The Labute approximate surface area is 134 Å². The van der Waals surface area contributed by atoms with Gasteiger partial charge < -0.3 is 14.8 Å². The van der Waals surface area contributed by atoms with Crippen molar-refractivity contribution in [2.75, 3.05) is 18.5 Å². The Balaban J connectivity index is 1.69. The van der Waals surface area contributed by atoms with Gasteiger partial charge in [-0.1, -0.05) is 18.2 Å². The van der Waals surface area contributed by atoms with Crippen molar-refractivity contribution in [3.05, 3.63) is 59.9 Å². The molecule has 23 heavy (non-hydrogen) atoms. The van der Waals surface area contributed by atoms with E-state index in [1.807, 2.05) is 6.07 Å². The van der Waals surface area contributed by atoms with E-state index in [0.29, 0.717) is 23.6 Å². The molecule has 1 unspecified atom stereocenters. The number of carbonyl (C=O) groups excluding carboxylic acids is 1. The second-order valence-electron chi connectivity index (χ2n) is 5.41. The van der Waals surface area contributed by atoms with Gasteiger partial charge in [-0.25, -0.2) is 4.39 Å². The molecule has 0 aliphatic carbocycles. The monoisotopic (exact) mass is 315 g/mol. The van der Waals surface area contributed by atoms with Crippen LogP contribution in [0.25, 0.3) is 0 Å². The van der Waals surface area contributed by atoms with Crippen LogP contribution in [0.15, 0.2) is 48.5 Å². The average Bonchev–Trinajstić information content (AvgIpc) is 3.06. The van der Waals surface area contributed by atoms with Gasteiger partial charge in [-0.2, -0.15) is 0 Å². The zero-order valence-corrected chi connectivity index (χ0v) is 12.6. The molecule has 120 valence electrons. The normalized spacial score (nSPS) is 17.0. The maximum Gasteiger partial charge on any atom is 0.259 e. The zero-order valence-electron chi connectivity index (χ0n) is 12.6. The maximum absolute atomic E-state index is 13.2. The summed E-state index contributed by atoms with van der Waals surface area (Å²) in [7, 11) is 0. The molecule has 1 fully saturated rings. The highest BCUT2D eigenvalue weighted by Gasteiger charge is 2.18. The summed E-state index contributed by atoms with van der Waals surface area (Å²) in [4.78, 5) is 12.4. The number of hydrogen-bond acceptors (Lipinski definition) is 3. The van der Waals surface area contributed by atoms with Crippen LogP contribution in [-0.2, 0) is 4.74 Å². The largest absolute Gasteiger partial charge is 0.490 e. The van der Waals surface area contributed by atoms with E-state index < -0.39 is 5.82 Å². The summed E-state index contributed by atoms with van der Waals surface area (Å²) in [6.07, 6.45) is 2.09. The Bertz CT molecular complexity index is 683. The Morgan fingerprint density at radius 2 is 2.13 bits per heavy atom. The first-order chi connectivity index (χ1) is 11.2. The van der Waals surface area contributed by atoms with E-state index in [-0.39, 0.29) is 12.0 Å². The number of para-hydroxylation sites is 1. The summed E-state index contributed by atoms with van der Waals surface area (Å²) in [6.45, 7) is 1.18. The molecule has 1 aliphatic heterocycles. The molecule has 1 saturated heterocycles. The second kappa shape index (κ2) is 7.24. The van der Waals surface area contributed by atoms with Crippen molar-refractivity contribution in [3.63, 3.8) is 0 Å². The van der Waals surface area contributed by atoms with Crippen LogP contribution in [-0.4, -0.2) is 25.2 Å². The lowest BCUT2D eigenvalue weighted by Crippen LogP contribution is -2.19. The molecule has 2 aromatic rings. The first kappa shape index (κ1) is 15.5. The first-order valence-corrected chi connectivity index (χ1v) is 7.63. The van der Waals surface area contributed by atoms with Crippen LogP contribution in [0.5, 0.6) is 5.75 Å². The molecule has 1 atom stereocenters. The molecule has 0 saturated carbocycles. The molecule has 5 heteroatoms. The van der Waals surface area contributed by atoms with E-state index in [9.17, 15) is 9.18 Å². The molecule has 0 aromatic heterocycles. The molecule has 1 amide bonds. The lowest BCUT2D eigenvalue weighted by molar-refractivity contribution is 0.0673. The molecule has 0 spiro atoms. The number of hydrogen-bond donors (Lipinski definition) is 1. The third-order valence-corrected chi connectivity index (χ3v) is 3.66. The number of rotatable bonds is 5. The lowest BCUT2D eigenvalue weighted by Gasteiger charge is -2.14. The fourth-order valence-corrected chi connectivity index (χ4v) is 2.50. The van der Waals surface area contributed by atoms with Gasteiger partial charge in [0.15, 0.2) is 0 Å². The van der Waals surface area contributed by atoms with Gasteiger partial charge in [0.1, 0.15) is 18.2 Å². The second-order valence-corrected chi connectivity index (χ2v) is 5.41. The molecule has 0 radical (unpaired) electrons. The molecule has 1 N–H and O–H groups in total. The highest BCUT2D eigenvalue weighted by Crippen LogP contribution is 2.22. The predicted molar refractivity (Wildman–Crippen MR) is 85.3 cm³/mol. The van der Waals surface area contributed by atoms with Crippen molar-refractivity contribution in [1.29, 1.82) is 0 Å². The summed E-state index contributed by atoms with van der Waals surface area (Å²) in [5, 5.41) is 2.68. The minimum absolute atomic E-state index is 0.0781. The third-order valence-electron chi connectivity index (χ3n) is 3.66. The summed E-state index contributed by atoms with van der Waals surface area (Å²) in [6, 6.07) is 12.8. The smallest absolute Gasteiger partial charge is 0.259 e. The van der Waals surface area contributed by atoms with Gasteiger partial charge in [0.05, 0.1) is 11.7 Å². The maximum atomic E-state index is 13.2. The van der Waals surface area contributed by atoms with Crippen molar-refractivity contribution in [1.82, 2.24) is 0 Å². The summed E-state index contributed by atoms with van der Waals surface area (Å²) in [5.41, 5.74) is 0.818. The minimum atomic E-state index is -0.397. The lowest BCUT2D eigenvalue weighted by atomic mass is 10.1. The van der Waals surface area contributed by atoms with Crippen LogP contribution < -0.4 is 10.1 Å². The van der Waals surface area contributed by atoms with Gasteiger partial charge in [-0.05, 0) is 43.2 Å². The van der Waals surface area contributed by atoms with Crippen LogP contribution in [0.3, 0.4) is 0 Å². The highest BCUT2D eigenvalue weighted by molar-refractivity contribution is 6.06. The highest BCUT2D eigenvalue weighted by atomic mass is 19.1. The fourth-order valence-electron chi connectivity index (χ4n) is 2.50. The summed E-state index contributed by atoms with van der Waals surface area (Å²) < 4.78 is 24.5. The minimum Gasteiger partial charge on any atom is -0.490 e. The Hall–Kier alpha value is -2.40. The SMILES string of the molecule is O=C(Nc1cccc(F)c1)c1ccccc1OCC1CCCO1. The van der Waals surface area contributed by atoms with E-state index in [4.69, 9.17) is 9.47 Å². The molecular formula is C18H18FNO3. The van der Waals surface area contributed by atoms with Crippen LogP contribution in [0.2, 0.25) is 0 Å². The van der Waals surface area contributed by atoms with Crippen LogP contribution >= 0.6 is 0 Å². The number of halogens is 1. The topological polar surface area (TPSA) is 47.6 Å². The Morgan fingerprint density at radius 1 is 1.26 bits per heavy atom. The van der Waals surface area contributed by atoms with Crippen LogP contribution in [0, 0.1) is 5.82 Å². The number of anilines is 1. The van der Waals surface area contributed by atoms with E-state index in [0.717, 1.165) is 19.4 Å². The van der Waals surface area contributed by atoms with Gasteiger partial charge in [0, 0.05) is 12.3 Å². The zero-order chi connectivity index (χ0) is 16.1.